The van der Waals surface area contributed by atoms with Gasteiger partial charge in [-0.05, 0) is 17.5 Å². The zero-order valence-electron chi connectivity index (χ0n) is 9.38. The Labute approximate surface area is 106 Å². The van der Waals surface area contributed by atoms with Crippen molar-refractivity contribution in [2.45, 2.75) is 6.54 Å². The van der Waals surface area contributed by atoms with E-state index in [0.29, 0.717) is 11.4 Å². The topological polar surface area (TPSA) is 84.7 Å². The number of hydrogen-bond acceptors (Lipinski definition) is 5. The van der Waals surface area contributed by atoms with E-state index in [1.54, 1.807) is 17.5 Å². The van der Waals surface area contributed by atoms with E-state index in [1.165, 1.54) is 6.20 Å². The number of nitrogens with one attached hydrogen (secondary N) is 1. The minimum atomic E-state index is -0.200. The van der Waals surface area contributed by atoms with E-state index in [9.17, 15) is 4.79 Å². The molecule has 0 atom stereocenters. The Balaban J connectivity index is 2.13. The first-order valence-electron chi connectivity index (χ1n) is 5.40. The second-order valence-electron chi connectivity index (χ2n) is 3.82. The molecular weight excluding hydrogens is 248 g/mol. The van der Waals surface area contributed by atoms with E-state index in [4.69, 9.17) is 5.73 Å². The maximum absolute atomic E-state index is 11.7. The van der Waals surface area contributed by atoms with Gasteiger partial charge in [-0.1, -0.05) is 0 Å². The lowest BCUT2D eigenvalue weighted by Crippen LogP contribution is -2.17. The highest BCUT2D eigenvalue weighted by Gasteiger charge is 2.05. The number of pyridine rings is 1. The molecule has 0 aliphatic carbocycles. The first-order valence-corrected chi connectivity index (χ1v) is 6.28. The third-order valence-corrected chi connectivity index (χ3v) is 3.52. The van der Waals surface area contributed by atoms with Crippen LogP contribution in [0.3, 0.4) is 0 Å². The van der Waals surface area contributed by atoms with Crippen LogP contribution in [-0.2, 0) is 6.54 Å². The van der Waals surface area contributed by atoms with Crippen molar-refractivity contribution in [2.24, 2.45) is 5.73 Å². The number of nitrogens with two attached hydrogens (primary N) is 1. The third-order valence-electron chi connectivity index (χ3n) is 2.67. The minimum absolute atomic E-state index is 0.185. The van der Waals surface area contributed by atoms with Crippen LogP contribution in [0.2, 0.25) is 0 Å². The van der Waals surface area contributed by atoms with Crippen molar-refractivity contribution in [3.05, 3.63) is 45.8 Å². The summed E-state index contributed by atoms with van der Waals surface area (Å²) in [5, 5.41) is 1.98. The Bertz CT molecular complexity index is 762. The van der Waals surface area contributed by atoms with Crippen molar-refractivity contribution >= 4 is 21.6 Å². The highest BCUT2D eigenvalue weighted by atomic mass is 32.1. The van der Waals surface area contributed by atoms with Crippen molar-refractivity contribution in [3.8, 4) is 11.4 Å². The van der Waals surface area contributed by atoms with Crippen LogP contribution in [0.15, 0.2) is 34.7 Å². The molecule has 90 valence electrons. The molecule has 3 aromatic heterocycles. The van der Waals surface area contributed by atoms with Crippen LogP contribution in [0.5, 0.6) is 0 Å². The summed E-state index contributed by atoms with van der Waals surface area (Å²) in [4.78, 5) is 22.9. The van der Waals surface area contributed by atoms with Crippen LogP contribution < -0.4 is 11.3 Å². The molecule has 0 unspecified atom stereocenters. The number of fused-ring (bicyclic) bond motifs is 1. The summed E-state index contributed by atoms with van der Waals surface area (Å²) < 4.78 is 1.07. The molecule has 0 saturated heterocycles. The van der Waals surface area contributed by atoms with E-state index >= 15 is 0 Å². The highest BCUT2D eigenvalue weighted by molar-refractivity contribution is 7.17. The van der Waals surface area contributed by atoms with Crippen LogP contribution in [0.1, 0.15) is 5.56 Å². The smallest absolute Gasteiger partial charge is 0.255 e. The fourth-order valence-corrected chi connectivity index (χ4v) is 2.47. The van der Waals surface area contributed by atoms with Crippen LogP contribution in [0.25, 0.3) is 21.6 Å². The zero-order chi connectivity index (χ0) is 12.5. The van der Waals surface area contributed by atoms with Gasteiger partial charge in [-0.25, -0.2) is 4.98 Å². The molecule has 0 bridgehead atoms. The Morgan fingerprint density at radius 1 is 1.33 bits per heavy atom. The lowest BCUT2D eigenvalue weighted by atomic mass is 10.2. The molecular formula is C12H10N4OS. The van der Waals surface area contributed by atoms with Gasteiger partial charge in [0, 0.05) is 30.1 Å². The number of rotatable bonds is 2. The Hall–Kier alpha value is -2.05. The van der Waals surface area contributed by atoms with E-state index in [0.717, 1.165) is 15.8 Å². The average Bonchev–Trinajstić information content (AvgIpc) is 2.85. The Morgan fingerprint density at radius 2 is 2.22 bits per heavy atom. The monoisotopic (exact) mass is 258 g/mol. The molecule has 3 N–H and O–H groups in total. The number of thiophene rings is 1. The second-order valence-corrected chi connectivity index (χ2v) is 4.77. The molecule has 0 fully saturated rings. The summed E-state index contributed by atoms with van der Waals surface area (Å²) in [5.41, 5.74) is 7.45. The molecule has 18 heavy (non-hydrogen) atoms. The highest BCUT2D eigenvalue weighted by Crippen LogP contribution is 2.23. The molecule has 3 aromatic rings. The van der Waals surface area contributed by atoms with Crippen LogP contribution >= 0.6 is 11.3 Å². The van der Waals surface area contributed by atoms with Crippen LogP contribution in [-0.4, -0.2) is 15.0 Å². The number of aromatic nitrogens is 3. The maximum atomic E-state index is 11.7. The van der Waals surface area contributed by atoms with Gasteiger partial charge in [-0.15, -0.1) is 11.3 Å². The van der Waals surface area contributed by atoms with Gasteiger partial charge in [0.1, 0.15) is 5.82 Å². The molecule has 0 radical (unpaired) electrons. The zero-order valence-corrected chi connectivity index (χ0v) is 10.2. The normalized spacial score (nSPS) is 10.9. The van der Waals surface area contributed by atoms with Crippen LogP contribution in [0, 0.1) is 0 Å². The third kappa shape index (κ3) is 1.81. The van der Waals surface area contributed by atoms with E-state index in [2.05, 4.69) is 15.0 Å². The molecule has 0 aliphatic rings. The maximum Gasteiger partial charge on any atom is 0.255 e. The number of nitrogens with zero attached hydrogens (tertiary/aromatic N) is 2. The van der Waals surface area contributed by atoms with Gasteiger partial charge >= 0.3 is 0 Å². The quantitative estimate of drug-likeness (QED) is 0.729. The predicted octanol–water partition coefficient (Wildman–Crippen LogP) is 1.51. The van der Waals surface area contributed by atoms with Gasteiger partial charge in [-0.2, -0.15) is 0 Å². The van der Waals surface area contributed by atoms with Gasteiger partial charge in [-0.3, -0.25) is 9.78 Å². The van der Waals surface area contributed by atoms with Crippen molar-refractivity contribution in [1.29, 1.82) is 0 Å². The molecule has 0 aromatic carbocycles. The van der Waals surface area contributed by atoms with Gasteiger partial charge in [0.2, 0.25) is 0 Å². The summed E-state index contributed by atoms with van der Waals surface area (Å²) in [6.45, 7) is 0.185. The molecule has 6 heteroatoms. The first-order chi connectivity index (χ1) is 8.78. The lowest BCUT2D eigenvalue weighted by Gasteiger charge is -2.01. The number of hydrogen-bond donors (Lipinski definition) is 2. The molecule has 3 heterocycles. The summed E-state index contributed by atoms with van der Waals surface area (Å²) in [7, 11) is 0. The van der Waals surface area contributed by atoms with Crippen molar-refractivity contribution < 1.29 is 0 Å². The Kier molecular flexibility index (Phi) is 2.66. The predicted molar refractivity (Wildman–Crippen MR) is 71.4 cm³/mol. The largest absolute Gasteiger partial charge is 0.326 e. The van der Waals surface area contributed by atoms with Crippen molar-refractivity contribution in [1.82, 2.24) is 15.0 Å². The fourth-order valence-electron chi connectivity index (χ4n) is 1.69. The number of H-pyrrole nitrogens is 1. The summed E-state index contributed by atoms with van der Waals surface area (Å²) in [6.07, 6.45) is 3.21. The van der Waals surface area contributed by atoms with E-state index in [-0.39, 0.29) is 12.1 Å². The lowest BCUT2D eigenvalue weighted by molar-refractivity contribution is 0.979. The average molecular weight is 258 g/mol. The Morgan fingerprint density at radius 3 is 3.00 bits per heavy atom. The second kappa shape index (κ2) is 4.32. The summed E-state index contributed by atoms with van der Waals surface area (Å²) >= 11 is 1.61. The SMILES string of the molecule is NCc1cnc(-c2cnc3ccsc3c2)[nH]c1=O. The molecule has 0 spiro atoms. The van der Waals surface area contributed by atoms with Crippen molar-refractivity contribution in [2.75, 3.05) is 0 Å². The van der Waals surface area contributed by atoms with Gasteiger partial charge in [0.15, 0.2) is 0 Å². The van der Waals surface area contributed by atoms with Gasteiger partial charge in [0.25, 0.3) is 5.56 Å². The molecule has 0 saturated carbocycles. The molecule has 0 amide bonds. The fraction of sp³-hybridized carbons (Fsp3) is 0.0833. The standard InChI is InChI=1S/C12H10N4OS/c13-4-8-6-15-11(16-12(8)17)7-3-10-9(14-5-7)1-2-18-10/h1-3,5-6H,4,13H2,(H,15,16,17). The molecule has 5 nitrogen and oxygen atoms in total. The van der Waals surface area contributed by atoms with Crippen LogP contribution in [0.4, 0.5) is 0 Å². The first kappa shape index (κ1) is 11.1. The van der Waals surface area contributed by atoms with E-state index < -0.39 is 0 Å². The molecule has 3 rings (SSSR count). The summed E-state index contributed by atoms with van der Waals surface area (Å²) in [5.74, 6) is 0.514. The summed E-state index contributed by atoms with van der Waals surface area (Å²) in [6, 6.07) is 3.92. The molecule has 0 aliphatic heterocycles. The van der Waals surface area contributed by atoms with E-state index in [1.807, 2.05) is 17.5 Å². The van der Waals surface area contributed by atoms with Crippen molar-refractivity contribution in [3.63, 3.8) is 0 Å². The minimum Gasteiger partial charge on any atom is -0.326 e. The number of aromatic amines is 1. The van der Waals surface area contributed by atoms with Gasteiger partial charge < -0.3 is 10.7 Å². The van der Waals surface area contributed by atoms with Gasteiger partial charge in [0.05, 0.1) is 10.2 Å².